The molecule has 0 saturated carbocycles. The molecule has 0 amide bonds. The number of hydrogen-bond donors (Lipinski definition) is 1. The first kappa shape index (κ1) is 14.8. The molecule has 0 fully saturated rings. The van der Waals surface area contributed by atoms with Gasteiger partial charge in [-0.05, 0) is 31.0 Å². The summed E-state index contributed by atoms with van der Waals surface area (Å²) in [6.45, 7) is 8.90. The molecule has 1 unspecified atom stereocenters. The molecule has 22 heavy (non-hydrogen) atoms. The van der Waals surface area contributed by atoms with Gasteiger partial charge in [-0.25, -0.2) is 0 Å². The fourth-order valence-corrected chi connectivity index (χ4v) is 4.08. The van der Waals surface area contributed by atoms with Gasteiger partial charge >= 0.3 is 0 Å². The summed E-state index contributed by atoms with van der Waals surface area (Å²) < 4.78 is 6.36. The molecule has 2 aromatic rings. The first-order valence-corrected chi connectivity index (χ1v) is 7.75. The summed E-state index contributed by atoms with van der Waals surface area (Å²) in [4.78, 5) is 0. The Balaban J connectivity index is 2.18. The van der Waals surface area contributed by atoms with E-state index in [2.05, 4.69) is 64.1 Å². The van der Waals surface area contributed by atoms with Crippen LogP contribution in [0.2, 0.25) is 0 Å². The van der Waals surface area contributed by atoms with E-state index in [1.807, 2.05) is 12.1 Å². The minimum atomic E-state index is -0.307. The van der Waals surface area contributed by atoms with Gasteiger partial charge in [-0.15, -0.1) is 0 Å². The first-order chi connectivity index (χ1) is 10.4. The van der Waals surface area contributed by atoms with Crippen LogP contribution in [0, 0.1) is 5.41 Å². The molecule has 1 aliphatic rings. The molecule has 1 heterocycles. The van der Waals surface area contributed by atoms with Gasteiger partial charge < -0.3 is 10.1 Å². The topological polar surface area (TPSA) is 33.1 Å². The van der Waals surface area contributed by atoms with E-state index in [0.717, 1.165) is 11.3 Å². The molecule has 0 aromatic heterocycles. The molecule has 1 aliphatic heterocycles. The first-order valence-electron chi connectivity index (χ1n) is 7.75. The summed E-state index contributed by atoms with van der Waals surface area (Å²) >= 11 is 0. The quantitative estimate of drug-likeness (QED) is 0.783. The second-order valence-corrected chi connectivity index (χ2v) is 7.17. The maximum absolute atomic E-state index is 7.45. The molecule has 0 radical (unpaired) electrons. The predicted molar refractivity (Wildman–Crippen MR) is 91.2 cm³/mol. The van der Waals surface area contributed by atoms with E-state index < -0.39 is 0 Å². The second kappa shape index (κ2) is 4.98. The molecule has 0 bridgehead atoms. The Hall–Kier alpha value is -2.09. The largest absolute Gasteiger partial charge is 0.487 e. The zero-order valence-corrected chi connectivity index (χ0v) is 13.7. The lowest BCUT2D eigenvalue weighted by molar-refractivity contribution is 0.0259. The summed E-state index contributed by atoms with van der Waals surface area (Å²) in [5.41, 5.74) is 3.05. The van der Waals surface area contributed by atoms with Crippen LogP contribution in [0.4, 0.5) is 0 Å². The van der Waals surface area contributed by atoms with Crippen LogP contribution in [0.25, 0.3) is 0 Å². The van der Waals surface area contributed by atoms with Crippen LogP contribution in [-0.4, -0.2) is 11.8 Å². The van der Waals surface area contributed by atoms with Crippen molar-refractivity contribution < 1.29 is 4.74 Å². The minimum Gasteiger partial charge on any atom is -0.487 e. The lowest BCUT2D eigenvalue weighted by atomic mass is 9.62. The standard InChI is InChI=1S/C20H23NO/c1-19(2)16-11-10-14(13-21)12-17(16)22-20(3,4)18(19)15-8-6-5-7-9-15/h5-13,18,21H,1-4H3. The highest BCUT2D eigenvalue weighted by Gasteiger charge is 2.49. The molecule has 114 valence electrons. The van der Waals surface area contributed by atoms with Crippen LogP contribution < -0.4 is 4.74 Å². The molecule has 0 saturated heterocycles. The van der Waals surface area contributed by atoms with E-state index in [4.69, 9.17) is 10.1 Å². The van der Waals surface area contributed by atoms with Crippen LogP contribution in [0.3, 0.4) is 0 Å². The van der Waals surface area contributed by atoms with Crippen molar-refractivity contribution in [3.05, 3.63) is 65.2 Å². The van der Waals surface area contributed by atoms with Crippen molar-refractivity contribution in [2.24, 2.45) is 0 Å². The van der Waals surface area contributed by atoms with Crippen molar-refractivity contribution in [1.29, 1.82) is 5.41 Å². The SMILES string of the molecule is CC1(C)Oc2cc(C=N)ccc2C(C)(C)C1c1ccccc1. The van der Waals surface area contributed by atoms with Crippen LogP contribution in [0.15, 0.2) is 48.5 Å². The van der Waals surface area contributed by atoms with Gasteiger partial charge in [0.25, 0.3) is 0 Å². The molecule has 2 nitrogen and oxygen atoms in total. The average molecular weight is 293 g/mol. The summed E-state index contributed by atoms with van der Waals surface area (Å²) in [6, 6.07) is 16.7. The lowest BCUT2D eigenvalue weighted by Crippen LogP contribution is -2.49. The van der Waals surface area contributed by atoms with Gasteiger partial charge in [0.15, 0.2) is 0 Å². The van der Waals surface area contributed by atoms with Crippen LogP contribution in [0.1, 0.15) is 50.3 Å². The fraction of sp³-hybridized carbons (Fsp3) is 0.350. The third-order valence-electron chi connectivity index (χ3n) is 4.79. The maximum Gasteiger partial charge on any atom is 0.124 e. The molecule has 1 atom stereocenters. The predicted octanol–water partition coefficient (Wildman–Crippen LogP) is 4.92. The van der Waals surface area contributed by atoms with Crippen molar-refractivity contribution in [3.63, 3.8) is 0 Å². The van der Waals surface area contributed by atoms with E-state index in [1.165, 1.54) is 17.3 Å². The Bertz CT molecular complexity index is 701. The number of hydrogen-bond acceptors (Lipinski definition) is 2. The van der Waals surface area contributed by atoms with Crippen molar-refractivity contribution in [2.75, 3.05) is 0 Å². The van der Waals surface area contributed by atoms with Gasteiger partial charge in [0.05, 0.1) is 0 Å². The number of benzene rings is 2. The Labute approximate surface area is 132 Å². The molecule has 0 aliphatic carbocycles. The zero-order chi connectivity index (χ0) is 16.0. The fourth-order valence-electron chi connectivity index (χ4n) is 4.08. The molecule has 3 rings (SSSR count). The lowest BCUT2D eigenvalue weighted by Gasteiger charge is -2.50. The van der Waals surface area contributed by atoms with Gasteiger partial charge in [0, 0.05) is 23.1 Å². The normalized spacial score (nSPS) is 21.5. The summed E-state index contributed by atoms with van der Waals surface area (Å²) in [5.74, 6) is 1.17. The molecule has 2 heteroatoms. The number of fused-ring (bicyclic) bond motifs is 1. The van der Waals surface area contributed by atoms with Crippen molar-refractivity contribution in [3.8, 4) is 5.75 Å². The Morgan fingerprint density at radius 2 is 1.68 bits per heavy atom. The number of rotatable bonds is 2. The summed E-state index contributed by atoms with van der Waals surface area (Å²) in [5, 5.41) is 7.45. The minimum absolute atomic E-state index is 0.0427. The molecular weight excluding hydrogens is 270 g/mol. The van der Waals surface area contributed by atoms with Crippen LogP contribution >= 0.6 is 0 Å². The Morgan fingerprint density at radius 3 is 2.32 bits per heavy atom. The number of nitrogens with one attached hydrogen (secondary N) is 1. The highest BCUT2D eigenvalue weighted by Crippen LogP contribution is 2.53. The Morgan fingerprint density at radius 1 is 1.00 bits per heavy atom. The van der Waals surface area contributed by atoms with E-state index >= 15 is 0 Å². The molecular formula is C20H23NO. The van der Waals surface area contributed by atoms with E-state index in [-0.39, 0.29) is 16.9 Å². The van der Waals surface area contributed by atoms with Crippen molar-refractivity contribution in [1.82, 2.24) is 0 Å². The molecule has 2 aromatic carbocycles. The third-order valence-corrected chi connectivity index (χ3v) is 4.79. The molecule has 1 N–H and O–H groups in total. The highest BCUT2D eigenvalue weighted by molar-refractivity contribution is 5.78. The van der Waals surface area contributed by atoms with E-state index in [1.54, 1.807) is 0 Å². The second-order valence-electron chi connectivity index (χ2n) is 7.17. The van der Waals surface area contributed by atoms with E-state index in [9.17, 15) is 0 Å². The van der Waals surface area contributed by atoms with Crippen molar-refractivity contribution >= 4 is 6.21 Å². The Kier molecular flexibility index (Phi) is 3.36. The smallest absolute Gasteiger partial charge is 0.124 e. The average Bonchev–Trinajstić information content (AvgIpc) is 2.46. The summed E-state index contributed by atoms with van der Waals surface area (Å²) in [7, 11) is 0. The van der Waals surface area contributed by atoms with Gasteiger partial charge in [-0.2, -0.15) is 0 Å². The van der Waals surface area contributed by atoms with E-state index in [0.29, 0.717) is 0 Å². The third kappa shape index (κ3) is 2.23. The number of ether oxygens (including phenoxy) is 1. The zero-order valence-electron chi connectivity index (χ0n) is 13.7. The molecule has 0 spiro atoms. The van der Waals surface area contributed by atoms with Gasteiger partial charge in [0.1, 0.15) is 11.4 Å². The van der Waals surface area contributed by atoms with Crippen LogP contribution in [0.5, 0.6) is 5.75 Å². The van der Waals surface area contributed by atoms with Gasteiger partial charge in [-0.1, -0.05) is 56.3 Å². The van der Waals surface area contributed by atoms with Crippen molar-refractivity contribution in [2.45, 2.75) is 44.6 Å². The van der Waals surface area contributed by atoms with Gasteiger partial charge in [0.2, 0.25) is 0 Å². The van der Waals surface area contributed by atoms with Gasteiger partial charge in [-0.3, -0.25) is 0 Å². The summed E-state index contributed by atoms with van der Waals surface area (Å²) in [6.07, 6.45) is 1.37. The van der Waals surface area contributed by atoms with Crippen LogP contribution in [-0.2, 0) is 5.41 Å². The monoisotopic (exact) mass is 293 g/mol. The maximum atomic E-state index is 7.45. The highest BCUT2D eigenvalue weighted by atomic mass is 16.5.